The van der Waals surface area contributed by atoms with Crippen LogP contribution in [0.5, 0.6) is 0 Å². The van der Waals surface area contributed by atoms with Crippen LogP contribution in [0.3, 0.4) is 0 Å². The van der Waals surface area contributed by atoms with E-state index in [2.05, 4.69) is 23.6 Å². The van der Waals surface area contributed by atoms with Crippen LogP contribution in [0, 0.1) is 11.7 Å². The Bertz CT molecular complexity index is 512. The molecule has 2 nitrogen and oxygen atoms in total. The van der Waals surface area contributed by atoms with Crippen LogP contribution in [0.2, 0.25) is 10.0 Å². The minimum Gasteiger partial charge on any atom is -0.363 e. The monoisotopic (exact) mass is 330 g/mol. The summed E-state index contributed by atoms with van der Waals surface area (Å²) >= 11 is 12.6. The Morgan fingerprint density at radius 1 is 1.19 bits per heavy atom. The average molecular weight is 331 g/mol. The summed E-state index contributed by atoms with van der Waals surface area (Å²) in [5.74, 6) is 0.109. The van der Waals surface area contributed by atoms with E-state index in [0.717, 1.165) is 18.8 Å². The molecule has 2 unspecified atom stereocenters. The summed E-state index contributed by atoms with van der Waals surface area (Å²) in [5.41, 5.74) is 0.796. The van der Waals surface area contributed by atoms with E-state index < -0.39 is 0 Å². The van der Waals surface area contributed by atoms with Gasteiger partial charge in [-0.25, -0.2) is 4.39 Å². The average Bonchev–Trinajstić information content (AvgIpc) is 2.83. The molecule has 1 aromatic carbocycles. The fourth-order valence-electron chi connectivity index (χ4n) is 3.68. The molecule has 0 saturated carbocycles. The molecular weight excluding hydrogens is 310 g/mol. The lowest BCUT2D eigenvalue weighted by molar-refractivity contribution is 0.176. The first-order valence-corrected chi connectivity index (χ1v) is 8.38. The molecule has 0 aromatic heterocycles. The third-order valence-corrected chi connectivity index (χ3v) is 5.34. The van der Waals surface area contributed by atoms with Gasteiger partial charge in [0.25, 0.3) is 0 Å². The van der Waals surface area contributed by atoms with E-state index in [-0.39, 0.29) is 5.82 Å². The van der Waals surface area contributed by atoms with Crippen molar-refractivity contribution >= 4 is 28.9 Å². The molecule has 2 aliphatic heterocycles. The maximum atomic E-state index is 13.5. The van der Waals surface area contributed by atoms with Crippen LogP contribution in [-0.2, 0) is 0 Å². The van der Waals surface area contributed by atoms with E-state index >= 15 is 0 Å². The molecule has 21 heavy (non-hydrogen) atoms. The van der Waals surface area contributed by atoms with Crippen molar-refractivity contribution in [2.75, 3.05) is 24.5 Å². The summed E-state index contributed by atoms with van der Waals surface area (Å²) in [7, 11) is 0. The van der Waals surface area contributed by atoms with Gasteiger partial charge in [0.2, 0.25) is 0 Å². The van der Waals surface area contributed by atoms with Gasteiger partial charge in [-0.3, -0.25) is 4.90 Å². The summed E-state index contributed by atoms with van der Waals surface area (Å²) in [6.07, 6.45) is 2.48. The van der Waals surface area contributed by atoms with Crippen LogP contribution in [0.4, 0.5) is 10.1 Å². The van der Waals surface area contributed by atoms with Gasteiger partial charge in [-0.1, -0.05) is 37.0 Å². The molecule has 116 valence electrons. The van der Waals surface area contributed by atoms with Crippen molar-refractivity contribution in [2.24, 2.45) is 5.92 Å². The lowest BCUT2D eigenvalue weighted by atomic mass is 9.96. The first kappa shape index (κ1) is 15.4. The molecule has 1 aromatic rings. The van der Waals surface area contributed by atoms with Crippen molar-refractivity contribution < 1.29 is 4.39 Å². The Morgan fingerprint density at radius 3 is 2.48 bits per heavy atom. The molecule has 0 N–H and O–H groups in total. The molecule has 0 spiro atoms. The molecule has 0 aliphatic carbocycles. The highest BCUT2D eigenvalue weighted by atomic mass is 35.5. The molecule has 2 heterocycles. The maximum absolute atomic E-state index is 13.5. The normalized spacial score (nSPS) is 26.5. The number of benzene rings is 1. The second kappa shape index (κ2) is 5.94. The predicted molar refractivity (Wildman–Crippen MR) is 87.0 cm³/mol. The minimum atomic E-state index is -0.380. The number of halogens is 3. The molecule has 2 fully saturated rings. The number of nitrogens with zero attached hydrogens (tertiary/aromatic N) is 2. The first-order valence-electron chi connectivity index (χ1n) is 7.62. The summed E-state index contributed by atoms with van der Waals surface area (Å²) in [4.78, 5) is 4.88. The highest BCUT2D eigenvalue weighted by Gasteiger charge is 2.38. The van der Waals surface area contributed by atoms with Crippen molar-refractivity contribution in [2.45, 2.75) is 38.8 Å². The summed E-state index contributed by atoms with van der Waals surface area (Å²) in [6.45, 7) is 7.59. The molecule has 0 amide bonds. The standard InChI is InChI=1S/C16H21Cl2FN2/c1-10(2)15-9-20-5-3-4-12(20)8-21(15)16-13(17)6-11(19)7-14(16)18/h6-7,10,12,15H,3-5,8-9H2,1-2H3. The largest absolute Gasteiger partial charge is 0.363 e. The zero-order chi connectivity index (χ0) is 15.1. The first-order chi connectivity index (χ1) is 9.97. The highest BCUT2D eigenvalue weighted by molar-refractivity contribution is 6.39. The number of hydrogen-bond donors (Lipinski definition) is 0. The number of fused-ring (bicyclic) bond motifs is 1. The number of piperazine rings is 1. The van der Waals surface area contributed by atoms with Gasteiger partial charge in [0.05, 0.1) is 15.7 Å². The van der Waals surface area contributed by atoms with Crippen LogP contribution in [0.25, 0.3) is 0 Å². The van der Waals surface area contributed by atoms with Crippen LogP contribution in [-0.4, -0.2) is 36.6 Å². The van der Waals surface area contributed by atoms with E-state index in [1.165, 1.54) is 31.5 Å². The topological polar surface area (TPSA) is 6.48 Å². The van der Waals surface area contributed by atoms with Gasteiger partial charge in [-0.05, 0) is 37.4 Å². The summed E-state index contributed by atoms with van der Waals surface area (Å²) in [6, 6.07) is 3.65. The smallest absolute Gasteiger partial charge is 0.126 e. The lowest BCUT2D eigenvalue weighted by Gasteiger charge is -2.47. The Kier molecular flexibility index (Phi) is 4.35. The molecule has 0 bridgehead atoms. The Balaban J connectivity index is 1.98. The van der Waals surface area contributed by atoms with Crippen molar-refractivity contribution in [1.82, 2.24) is 4.90 Å². The Hall–Kier alpha value is -0.510. The fraction of sp³-hybridized carbons (Fsp3) is 0.625. The van der Waals surface area contributed by atoms with Crippen LogP contribution in [0.1, 0.15) is 26.7 Å². The van der Waals surface area contributed by atoms with E-state index in [1.807, 2.05) is 0 Å². The molecule has 5 heteroatoms. The second-order valence-electron chi connectivity index (χ2n) is 6.47. The van der Waals surface area contributed by atoms with Gasteiger partial charge in [0, 0.05) is 25.2 Å². The fourth-order valence-corrected chi connectivity index (χ4v) is 4.36. The van der Waals surface area contributed by atoms with Crippen molar-refractivity contribution in [3.63, 3.8) is 0 Å². The van der Waals surface area contributed by atoms with Crippen LogP contribution in [0.15, 0.2) is 12.1 Å². The minimum absolute atomic E-state index is 0.361. The van der Waals surface area contributed by atoms with Crippen molar-refractivity contribution in [1.29, 1.82) is 0 Å². The lowest BCUT2D eigenvalue weighted by Crippen LogP contribution is -2.58. The molecule has 2 atom stereocenters. The Morgan fingerprint density at radius 2 is 1.86 bits per heavy atom. The third-order valence-electron chi connectivity index (χ3n) is 4.77. The van der Waals surface area contributed by atoms with E-state index in [9.17, 15) is 4.39 Å². The predicted octanol–water partition coefficient (Wildman–Crippen LogP) is 4.44. The third kappa shape index (κ3) is 2.88. The molecular formula is C16H21Cl2FN2. The zero-order valence-electron chi connectivity index (χ0n) is 12.5. The van der Waals surface area contributed by atoms with E-state index in [4.69, 9.17) is 23.2 Å². The second-order valence-corrected chi connectivity index (χ2v) is 7.29. The van der Waals surface area contributed by atoms with Gasteiger partial charge in [-0.15, -0.1) is 0 Å². The van der Waals surface area contributed by atoms with Gasteiger partial charge in [-0.2, -0.15) is 0 Å². The molecule has 2 aliphatic rings. The molecule has 2 saturated heterocycles. The number of anilines is 1. The van der Waals surface area contributed by atoms with Crippen LogP contribution >= 0.6 is 23.2 Å². The van der Waals surface area contributed by atoms with Gasteiger partial charge >= 0.3 is 0 Å². The highest BCUT2D eigenvalue weighted by Crippen LogP contribution is 2.40. The Labute approximate surface area is 135 Å². The van der Waals surface area contributed by atoms with Crippen LogP contribution < -0.4 is 4.90 Å². The summed E-state index contributed by atoms with van der Waals surface area (Å²) < 4.78 is 13.5. The quantitative estimate of drug-likeness (QED) is 0.790. The van der Waals surface area contributed by atoms with Gasteiger partial charge in [0.1, 0.15) is 5.82 Å². The molecule has 0 radical (unpaired) electrons. The SMILES string of the molecule is CC(C)C1CN2CCCC2CN1c1c(Cl)cc(F)cc1Cl. The van der Waals surface area contributed by atoms with Gasteiger partial charge < -0.3 is 4.90 Å². The zero-order valence-corrected chi connectivity index (χ0v) is 14.0. The van der Waals surface area contributed by atoms with E-state index in [0.29, 0.717) is 28.0 Å². The van der Waals surface area contributed by atoms with Crippen molar-refractivity contribution in [3.05, 3.63) is 28.0 Å². The van der Waals surface area contributed by atoms with Gasteiger partial charge in [0.15, 0.2) is 0 Å². The molecule has 3 rings (SSSR count). The maximum Gasteiger partial charge on any atom is 0.126 e. The number of hydrogen-bond acceptors (Lipinski definition) is 2. The summed E-state index contributed by atoms with van der Waals surface area (Å²) in [5, 5.41) is 0.828. The van der Waals surface area contributed by atoms with Crippen molar-refractivity contribution in [3.8, 4) is 0 Å². The number of rotatable bonds is 2. The van der Waals surface area contributed by atoms with E-state index in [1.54, 1.807) is 0 Å².